The number of amides is 2. The smallest absolute Gasteiger partial charge is 0.308 e. The summed E-state index contributed by atoms with van der Waals surface area (Å²) in [6.07, 6.45) is 5.94. The molecule has 20 heavy (non-hydrogen) atoms. The van der Waals surface area contributed by atoms with Crippen molar-refractivity contribution in [2.24, 2.45) is 5.92 Å². The van der Waals surface area contributed by atoms with Crippen LogP contribution in [-0.4, -0.2) is 15.8 Å². The summed E-state index contributed by atoms with van der Waals surface area (Å²) in [5, 5.41) is 9.51. The van der Waals surface area contributed by atoms with Crippen LogP contribution >= 0.6 is 0 Å². The van der Waals surface area contributed by atoms with Crippen LogP contribution in [0.25, 0.3) is 0 Å². The van der Waals surface area contributed by atoms with Crippen molar-refractivity contribution in [2.75, 3.05) is 10.6 Å². The van der Waals surface area contributed by atoms with Gasteiger partial charge in [-0.25, -0.2) is 9.18 Å². The summed E-state index contributed by atoms with van der Waals surface area (Å²) in [5.74, 6) is 0.396. The Morgan fingerprint density at radius 1 is 1.25 bits per heavy atom. The fourth-order valence-corrected chi connectivity index (χ4v) is 1.92. The number of carbonyl (C=O) groups excluding carboxylic acids is 1. The normalized spacial score (nSPS) is 14.1. The molecular weight excluding hydrogens is 259 g/mol. The van der Waals surface area contributed by atoms with E-state index in [1.54, 1.807) is 6.20 Å². The summed E-state index contributed by atoms with van der Waals surface area (Å²) in [7, 11) is 0. The number of urea groups is 1. The second kappa shape index (κ2) is 5.32. The molecule has 0 bridgehead atoms. The standard InChI is InChI=1S/C14H15FN4O/c15-11-3-5-12(6-4-11)17-14(20)18-13-7-16-19(9-13)8-10-1-2-10/h3-7,9-10H,1-2,8H2,(H2,17,18,20). The molecule has 1 aliphatic carbocycles. The number of aromatic nitrogens is 2. The Bertz CT molecular complexity index is 604. The molecule has 104 valence electrons. The maximum absolute atomic E-state index is 12.7. The molecule has 2 aromatic rings. The van der Waals surface area contributed by atoms with E-state index >= 15 is 0 Å². The second-order valence-electron chi connectivity index (χ2n) is 4.98. The van der Waals surface area contributed by atoms with Gasteiger partial charge >= 0.3 is 6.03 Å². The predicted molar refractivity (Wildman–Crippen MR) is 74.0 cm³/mol. The van der Waals surface area contributed by atoms with Gasteiger partial charge in [-0.15, -0.1) is 0 Å². The van der Waals surface area contributed by atoms with Crippen LogP contribution in [0.15, 0.2) is 36.7 Å². The van der Waals surface area contributed by atoms with Crippen molar-refractivity contribution < 1.29 is 9.18 Å². The molecule has 5 nitrogen and oxygen atoms in total. The second-order valence-corrected chi connectivity index (χ2v) is 4.98. The lowest BCUT2D eigenvalue weighted by molar-refractivity contribution is 0.262. The fourth-order valence-electron chi connectivity index (χ4n) is 1.92. The molecule has 6 heteroatoms. The van der Waals surface area contributed by atoms with Gasteiger partial charge in [0, 0.05) is 18.4 Å². The Kier molecular flexibility index (Phi) is 3.37. The molecule has 0 aliphatic heterocycles. The summed E-state index contributed by atoms with van der Waals surface area (Å²) in [5.41, 5.74) is 1.18. The number of hydrogen-bond donors (Lipinski definition) is 2. The van der Waals surface area contributed by atoms with Crippen molar-refractivity contribution >= 4 is 17.4 Å². The maximum atomic E-state index is 12.7. The highest BCUT2D eigenvalue weighted by Gasteiger charge is 2.22. The van der Waals surface area contributed by atoms with Gasteiger partial charge in [-0.3, -0.25) is 4.68 Å². The van der Waals surface area contributed by atoms with Gasteiger partial charge in [-0.1, -0.05) is 0 Å². The molecule has 0 unspecified atom stereocenters. The zero-order valence-electron chi connectivity index (χ0n) is 10.8. The molecule has 3 rings (SSSR count). The van der Waals surface area contributed by atoms with Crippen LogP contribution < -0.4 is 10.6 Å². The average Bonchev–Trinajstić information content (AvgIpc) is 3.12. The first-order chi connectivity index (χ1) is 9.69. The number of halogens is 1. The zero-order chi connectivity index (χ0) is 13.9. The molecular formula is C14H15FN4O. The zero-order valence-corrected chi connectivity index (χ0v) is 10.8. The summed E-state index contributed by atoms with van der Waals surface area (Å²) in [4.78, 5) is 11.8. The number of benzene rings is 1. The van der Waals surface area contributed by atoms with E-state index in [0.717, 1.165) is 12.5 Å². The Morgan fingerprint density at radius 3 is 2.65 bits per heavy atom. The average molecular weight is 274 g/mol. The first kappa shape index (κ1) is 12.7. The van der Waals surface area contributed by atoms with Crippen LogP contribution in [0.2, 0.25) is 0 Å². The first-order valence-electron chi connectivity index (χ1n) is 6.55. The number of anilines is 2. The van der Waals surface area contributed by atoms with E-state index < -0.39 is 0 Å². The van der Waals surface area contributed by atoms with E-state index in [4.69, 9.17) is 0 Å². The van der Waals surface area contributed by atoms with E-state index in [1.807, 2.05) is 10.9 Å². The lowest BCUT2D eigenvalue weighted by Gasteiger charge is -2.05. The van der Waals surface area contributed by atoms with Crippen molar-refractivity contribution in [3.8, 4) is 0 Å². The highest BCUT2D eigenvalue weighted by atomic mass is 19.1. The Labute approximate surface area is 115 Å². The lowest BCUT2D eigenvalue weighted by Crippen LogP contribution is -2.19. The van der Waals surface area contributed by atoms with Gasteiger partial charge < -0.3 is 10.6 Å². The van der Waals surface area contributed by atoms with Crippen molar-refractivity contribution in [1.29, 1.82) is 0 Å². The predicted octanol–water partition coefficient (Wildman–Crippen LogP) is 3.08. The summed E-state index contributed by atoms with van der Waals surface area (Å²) < 4.78 is 14.6. The largest absolute Gasteiger partial charge is 0.323 e. The number of nitrogens with one attached hydrogen (secondary N) is 2. The Balaban J connectivity index is 1.55. The van der Waals surface area contributed by atoms with E-state index in [1.165, 1.54) is 37.1 Å². The van der Waals surface area contributed by atoms with Gasteiger partial charge in [0.2, 0.25) is 0 Å². The van der Waals surface area contributed by atoms with Gasteiger partial charge in [-0.2, -0.15) is 5.10 Å². The molecule has 1 heterocycles. The first-order valence-corrected chi connectivity index (χ1v) is 6.55. The highest BCUT2D eigenvalue weighted by molar-refractivity contribution is 5.99. The van der Waals surface area contributed by atoms with Crippen LogP contribution in [0.3, 0.4) is 0 Å². The van der Waals surface area contributed by atoms with Gasteiger partial charge in [0.15, 0.2) is 0 Å². The lowest BCUT2D eigenvalue weighted by atomic mass is 10.3. The third kappa shape index (κ3) is 3.34. The van der Waals surface area contributed by atoms with Gasteiger partial charge in [-0.05, 0) is 43.0 Å². The molecule has 0 atom stereocenters. The van der Waals surface area contributed by atoms with Crippen molar-refractivity contribution in [3.63, 3.8) is 0 Å². The van der Waals surface area contributed by atoms with E-state index in [2.05, 4.69) is 15.7 Å². The fraction of sp³-hybridized carbons (Fsp3) is 0.286. The molecule has 2 amide bonds. The molecule has 1 aromatic heterocycles. The van der Waals surface area contributed by atoms with Gasteiger partial charge in [0.05, 0.1) is 11.9 Å². The number of hydrogen-bond acceptors (Lipinski definition) is 2. The molecule has 0 saturated heterocycles. The van der Waals surface area contributed by atoms with Crippen LogP contribution in [0.1, 0.15) is 12.8 Å². The molecule has 0 radical (unpaired) electrons. The topological polar surface area (TPSA) is 59.0 Å². The molecule has 1 aliphatic rings. The number of nitrogens with zero attached hydrogens (tertiary/aromatic N) is 2. The molecule has 0 spiro atoms. The minimum atomic E-state index is -0.373. The minimum Gasteiger partial charge on any atom is -0.308 e. The molecule has 2 N–H and O–H groups in total. The third-order valence-corrected chi connectivity index (χ3v) is 3.14. The van der Waals surface area contributed by atoms with Gasteiger partial charge in [0.1, 0.15) is 5.82 Å². The quantitative estimate of drug-likeness (QED) is 0.900. The van der Waals surface area contributed by atoms with Crippen molar-refractivity contribution in [3.05, 3.63) is 42.5 Å². The Hall–Kier alpha value is -2.37. The van der Waals surface area contributed by atoms with Gasteiger partial charge in [0.25, 0.3) is 0 Å². The monoisotopic (exact) mass is 274 g/mol. The van der Waals surface area contributed by atoms with Crippen LogP contribution in [0.4, 0.5) is 20.6 Å². The van der Waals surface area contributed by atoms with E-state index in [0.29, 0.717) is 11.4 Å². The van der Waals surface area contributed by atoms with Crippen LogP contribution in [0.5, 0.6) is 0 Å². The summed E-state index contributed by atoms with van der Waals surface area (Å²) in [6.45, 7) is 0.904. The number of rotatable bonds is 4. The number of carbonyl (C=O) groups is 1. The van der Waals surface area contributed by atoms with E-state index in [-0.39, 0.29) is 11.8 Å². The van der Waals surface area contributed by atoms with Crippen LogP contribution in [-0.2, 0) is 6.54 Å². The maximum Gasteiger partial charge on any atom is 0.323 e. The molecule has 1 saturated carbocycles. The van der Waals surface area contributed by atoms with Crippen LogP contribution in [0, 0.1) is 11.7 Å². The van der Waals surface area contributed by atoms with Crippen molar-refractivity contribution in [2.45, 2.75) is 19.4 Å². The molecule has 1 fully saturated rings. The van der Waals surface area contributed by atoms with Crippen molar-refractivity contribution in [1.82, 2.24) is 9.78 Å². The Morgan fingerprint density at radius 2 is 1.95 bits per heavy atom. The summed E-state index contributed by atoms with van der Waals surface area (Å²) in [6, 6.07) is 5.23. The third-order valence-electron chi connectivity index (χ3n) is 3.14. The SMILES string of the molecule is O=C(Nc1ccc(F)cc1)Nc1cnn(CC2CC2)c1. The summed E-state index contributed by atoms with van der Waals surface area (Å²) >= 11 is 0. The highest BCUT2D eigenvalue weighted by Crippen LogP contribution is 2.30. The van der Waals surface area contributed by atoms with E-state index in [9.17, 15) is 9.18 Å². The minimum absolute atomic E-state index is 0.336. The molecule has 1 aromatic carbocycles.